The molecular formula is C24H32N2O4. The topological polar surface area (TPSA) is 75.7 Å². The number of piperidine rings is 1. The molecule has 162 valence electrons. The van der Waals surface area contributed by atoms with Gasteiger partial charge < -0.3 is 15.0 Å². The second-order valence-corrected chi connectivity index (χ2v) is 9.03. The van der Waals surface area contributed by atoms with Gasteiger partial charge in [-0.05, 0) is 38.5 Å². The van der Waals surface area contributed by atoms with Crippen LogP contribution in [-0.2, 0) is 14.3 Å². The molecule has 0 radical (unpaired) electrons. The fourth-order valence-corrected chi connectivity index (χ4v) is 5.10. The number of likely N-dealkylation sites (tertiary alicyclic amines) is 1. The van der Waals surface area contributed by atoms with Crippen LogP contribution in [0.5, 0.6) is 0 Å². The van der Waals surface area contributed by atoms with Crippen molar-refractivity contribution in [1.82, 2.24) is 10.2 Å². The first kappa shape index (κ1) is 21.0. The number of carbonyl (C=O) groups excluding carboxylic acids is 3. The van der Waals surface area contributed by atoms with Crippen LogP contribution in [-0.4, -0.2) is 53.8 Å². The Morgan fingerprint density at radius 3 is 2.37 bits per heavy atom. The number of nitrogens with one attached hydrogen (secondary N) is 1. The van der Waals surface area contributed by atoms with Gasteiger partial charge in [0.25, 0.3) is 5.91 Å². The van der Waals surface area contributed by atoms with E-state index in [9.17, 15) is 14.4 Å². The smallest absolute Gasteiger partial charge is 0.294 e. The van der Waals surface area contributed by atoms with Crippen LogP contribution in [0.1, 0.15) is 68.1 Å². The monoisotopic (exact) mass is 412 g/mol. The van der Waals surface area contributed by atoms with Gasteiger partial charge in [0, 0.05) is 31.1 Å². The zero-order valence-electron chi connectivity index (χ0n) is 17.6. The molecule has 3 fully saturated rings. The van der Waals surface area contributed by atoms with Gasteiger partial charge in [-0.25, -0.2) is 0 Å². The predicted molar refractivity (Wildman–Crippen MR) is 113 cm³/mol. The Kier molecular flexibility index (Phi) is 6.52. The van der Waals surface area contributed by atoms with E-state index >= 15 is 0 Å². The Balaban J connectivity index is 1.23. The molecule has 30 heavy (non-hydrogen) atoms. The van der Waals surface area contributed by atoms with Crippen molar-refractivity contribution >= 4 is 17.6 Å². The van der Waals surface area contributed by atoms with Crippen molar-refractivity contribution in [3.8, 4) is 0 Å². The number of carbonyl (C=O) groups is 3. The Bertz CT molecular complexity index is 765. The first-order valence-electron chi connectivity index (χ1n) is 11.4. The average Bonchev–Trinajstić information content (AvgIpc) is 3.20. The molecule has 1 aliphatic carbocycles. The summed E-state index contributed by atoms with van der Waals surface area (Å²) in [6.45, 7) is 1.66. The molecule has 1 spiro atoms. The highest BCUT2D eigenvalue weighted by molar-refractivity contribution is 6.42. The van der Waals surface area contributed by atoms with Gasteiger partial charge in [0.15, 0.2) is 0 Å². The van der Waals surface area contributed by atoms with Gasteiger partial charge in [-0.1, -0.05) is 49.6 Å². The molecule has 6 heteroatoms. The van der Waals surface area contributed by atoms with Crippen LogP contribution >= 0.6 is 0 Å². The maximum absolute atomic E-state index is 12.6. The van der Waals surface area contributed by atoms with E-state index in [-0.39, 0.29) is 23.5 Å². The van der Waals surface area contributed by atoms with Crippen LogP contribution in [0.15, 0.2) is 30.3 Å². The number of hydrogen-bond acceptors (Lipinski definition) is 4. The summed E-state index contributed by atoms with van der Waals surface area (Å²) in [4.78, 5) is 39.0. The molecular weight excluding hydrogens is 380 g/mol. The van der Waals surface area contributed by atoms with Crippen molar-refractivity contribution in [3.05, 3.63) is 35.9 Å². The van der Waals surface area contributed by atoms with Gasteiger partial charge in [0.05, 0.1) is 11.7 Å². The van der Waals surface area contributed by atoms with E-state index in [0.717, 1.165) is 51.4 Å². The summed E-state index contributed by atoms with van der Waals surface area (Å²) in [6.07, 6.45) is 8.99. The Hall–Kier alpha value is -2.21. The van der Waals surface area contributed by atoms with Crippen molar-refractivity contribution in [3.63, 3.8) is 0 Å². The normalized spacial score (nSPS) is 24.0. The minimum Gasteiger partial charge on any atom is -0.370 e. The van der Waals surface area contributed by atoms with E-state index < -0.39 is 11.7 Å². The Labute approximate surface area is 178 Å². The highest BCUT2D eigenvalue weighted by Crippen LogP contribution is 2.39. The quantitative estimate of drug-likeness (QED) is 0.596. The summed E-state index contributed by atoms with van der Waals surface area (Å²) in [5, 5.41) is 3.10. The maximum atomic E-state index is 12.6. The Morgan fingerprint density at radius 1 is 0.967 bits per heavy atom. The van der Waals surface area contributed by atoms with Gasteiger partial charge in [0.1, 0.15) is 0 Å². The lowest BCUT2D eigenvalue weighted by Gasteiger charge is -2.39. The average molecular weight is 413 g/mol. The minimum absolute atomic E-state index is 0.0470. The molecule has 1 aromatic carbocycles. The van der Waals surface area contributed by atoms with Crippen LogP contribution in [0.2, 0.25) is 0 Å². The zero-order valence-corrected chi connectivity index (χ0v) is 17.6. The number of amides is 2. The summed E-state index contributed by atoms with van der Waals surface area (Å²) >= 11 is 0. The summed E-state index contributed by atoms with van der Waals surface area (Å²) < 4.78 is 6.36. The summed E-state index contributed by atoms with van der Waals surface area (Å²) in [5.74, 6) is -0.517. The van der Waals surface area contributed by atoms with Gasteiger partial charge in [-0.3, -0.25) is 14.4 Å². The molecule has 1 atom stereocenters. The van der Waals surface area contributed by atoms with Crippen LogP contribution < -0.4 is 5.32 Å². The summed E-state index contributed by atoms with van der Waals surface area (Å²) in [7, 11) is 0. The van der Waals surface area contributed by atoms with E-state index in [0.29, 0.717) is 25.2 Å². The van der Waals surface area contributed by atoms with Gasteiger partial charge in [0.2, 0.25) is 11.7 Å². The fraction of sp³-hybridized carbons (Fsp3) is 0.625. The SMILES string of the molecule is O=C(C(=O)N1CCC2(CCC(CNC(=O)C3CCCCC3)O2)CC1)c1ccccc1. The molecule has 1 aromatic rings. The molecule has 1 N–H and O–H groups in total. The fourth-order valence-electron chi connectivity index (χ4n) is 5.10. The largest absolute Gasteiger partial charge is 0.370 e. The zero-order chi connectivity index (χ0) is 21.0. The van der Waals surface area contributed by atoms with E-state index in [4.69, 9.17) is 4.74 Å². The first-order valence-corrected chi connectivity index (χ1v) is 11.4. The second kappa shape index (κ2) is 9.29. The van der Waals surface area contributed by atoms with Gasteiger partial charge in [-0.15, -0.1) is 0 Å². The number of ether oxygens (including phenoxy) is 1. The van der Waals surface area contributed by atoms with Gasteiger partial charge >= 0.3 is 0 Å². The number of Topliss-reactive ketones (excluding diaryl/α,β-unsaturated/α-hetero) is 1. The Morgan fingerprint density at radius 2 is 1.67 bits per heavy atom. The molecule has 0 aromatic heterocycles. The molecule has 6 nitrogen and oxygen atoms in total. The third-order valence-corrected chi connectivity index (χ3v) is 7.01. The van der Waals surface area contributed by atoms with Crippen molar-refractivity contribution < 1.29 is 19.1 Å². The van der Waals surface area contributed by atoms with E-state index in [1.807, 2.05) is 6.07 Å². The number of ketones is 1. The molecule has 0 bridgehead atoms. The first-order chi connectivity index (χ1) is 14.6. The van der Waals surface area contributed by atoms with Crippen LogP contribution in [0.25, 0.3) is 0 Å². The minimum atomic E-state index is -0.442. The van der Waals surface area contributed by atoms with E-state index in [2.05, 4.69) is 5.32 Å². The third kappa shape index (κ3) is 4.75. The lowest BCUT2D eigenvalue weighted by Crippen LogP contribution is -2.49. The molecule has 2 aliphatic heterocycles. The number of hydrogen-bond donors (Lipinski definition) is 1. The highest BCUT2D eigenvalue weighted by atomic mass is 16.5. The van der Waals surface area contributed by atoms with Crippen molar-refractivity contribution in [2.24, 2.45) is 5.92 Å². The molecule has 2 amide bonds. The second-order valence-electron chi connectivity index (χ2n) is 9.03. The van der Waals surface area contributed by atoms with Crippen LogP contribution in [0, 0.1) is 5.92 Å². The molecule has 2 saturated heterocycles. The third-order valence-electron chi connectivity index (χ3n) is 7.01. The lowest BCUT2D eigenvalue weighted by molar-refractivity contribution is -0.134. The molecule has 1 unspecified atom stereocenters. The molecule has 4 rings (SSSR count). The standard InChI is InChI=1S/C24H32N2O4/c27-21(18-7-3-1-4-8-18)23(29)26-15-13-24(14-16-26)12-11-20(30-24)17-25-22(28)19-9-5-2-6-10-19/h1,3-4,7-8,19-20H,2,5-6,9-17H2,(H,25,28). The van der Waals surface area contributed by atoms with E-state index in [1.165, 1.54) is 6.42 Å². The van der Waals surface area contributed by atoms with Gasteiger partial charge in [-0.2, -0.15) is 0 Å². The summed E-state index contributed by atoms with van der Waals surface area (Å²) in [5.41, 5.74) is 0.223. The highest BCUT2D eigenvalue weighted by Gasteiger charge is 2.43. The molecule has 1 saturated carbocycles. The predicted octanol–water partition coefficient (Wildman–Crippen LogP) is 3.11. The lowest BCUT2D eigenvalue weighted by atomic mass is 9.88. The van der Waals surface area contributed by atoms with Crippen molar-refractivity contribution in [1.29, 1.82) is 0 Å². The summed E-state index contributed by atoms with van der Waals surface area (Å²) in [6, 6.07) is 8.73. The number of benzene rings is 1. The van der Waals surface area contributed by atoms with Crippen LogP contribution in [0.3, 0.4) is 0 Å². The van der Waals surface area contributed by atoms with Crippen molar-refractivity contribution in [2.45, 2.75) is 69.5 Å². The molecule has 2 heterocycles. The number of rotatable bonds is 5. The van der Waals surface area contributed by atoms with Crippen LogP contribution in [0.4, 0.5) is 0 Å². The van der Waals surface area contributed by atoms with E-state index in [1.54, 1.807) is 29.2 Å². The number of nitrogens with zero attached hydrogens (tertiary/aromatic N) is 1. The van der Waals surface area contributed by atoms with Crippen molar-refractivity contribution in [2.75, 3.05) is 19.6 Å². The maximum Gasteiger partial charge on any atom is 0.294 e. The molecule has 3 aliphatic rings.